The highest BCUT2D eigenvalue weighted by Gasteiger charge is 2.02. The van der Waals surface area contributed by atoms with Gasteiger partial charge in [0.1, 0.15) is 0 Å². The first-order valence-corrected chi connectivity index (χ1v) is 4.90. The molecule has 0 atom stereocenters. The number of rotatable bonds is 4. The maximum atomic E-state index is 4.14. The molecule has 2 heterocycles. The Morgan fingerprint density at radius 3 is 2.93 bits per heavy atom. The minimum atomic E-state index is 0.824. The molecule has 0 saturated carbocycles. The van der Waals surface area contributed by atoms with E-state index in [0.717, 1.165) is 13.1 Å². The molecule has 0 aromatic carbocycles. The highest BCUT2D eigenvalue weighted by atomic mass is 15.2. The van der Waals surface area contributed by atoms with Gasteiger partial charge >= 0.3 is 0 Å². The minimum absolute atomic E-state index is 0.824. The van der Waals surface area contributed by atoms with E-state index in [1.54, 1.807) is 0 Å². The van der Waals surface area contributed by atoms with Gasteiger partial charge in [0.2, 0.25) is 0 Å². The molecule has 1 N–H and O–H groups in total. The Bertz CT molecular complexity index is 428. The zero-order valence-electron chi connectivity index (χ0n) is 9.01. The summed E-state index contributed by atoms with van der Waals surface area (Å²) in [5.74, 6) is 0. The largest absolute Gasteiger partial charge is 0.329 e. The van der Waals surface area contributed by atoms with Crippen molar-refractivity contribution in [2.24, 2.45) is 7.05 Å². The third-order valence-electron chi connectivity index (χ3n) is 2.27. The summed E-state index contributed by atoms with van der Waals surface area (Å²) in [6, 6.07) is 0. The second-order valence-corrected chi connectivity index (χ2v) is 3.57. The predicted octanol–water partition coefficient (Wildman–Crippen LogP) is 0.384. The van der Waals surface area contributed by atoms with Gasteiger partial charge in [-0.25, -0.2) is 4.98 Å². The summed E-state index contributed by atoms with van der Waals surface area (Å²) in [7, 11) is 3.85. The minimum Gasteiger partial charge on any atom is -0.329 e. The Morgan fingerprint density at radius 1 is 1.40 bits per heavy atom. The molecular weight excluding hydrogens is 190 g/mol. The van der Waals surface area contributed by atoms with E-state index in [0.29, 0.717) is 0 Å². The lowest BCUT2D eigenvalue weighted by molar-refractivity contribution is 0.691. The third kappa shape index (κ3) is 2.24. The highest BCUT2D eigenvalue weighted by molar-refractivity contribution is 5.08. The fourth-order valence-electron chi connectivity index (χ4n) is 1.57. The van der Waals surface area contributed by atoms with Gasteiger partial charge in [0.05, 0.1) is 24.8 Å². The van der Waals surface area contributed by atoms with Gasteiger partial charge in [-0.1, -0.05) is 0 Å². The number of aryl methyl sites for hydroxylation is 1. The van der Waals surface area contributed by atoms with E-state index in [1.165, 1.54) is 11.3 Å². The molecule has 5 heteroatoms. The van der Waals surface area contributed by atoms with Crippen LogP contribution in [-0.2, 0) is 20.1 Å². The lowest BCUT2D eigenvalue weighted by Crippen LogP contribution is -2.11. The summed E-state index contributed by atoms with van der Waals surface area (Å²) in [6.45, 7) is 1.66. The number of hydrogen-bond donors (Lipinski definition) is 1. The summed E-state index contributed by atoms with van der Waals surface area (Å²) in [5, 5.41) is 7.26. The molecule has 0 aliphatic carbocycles. The van der Waals surface area contributed by atoms with Gasteiger partial charge in [0.25, 0.3) is 0 Å². The molecule has 2 rings (SSSR count). The van der Waals surface area contributed by atoms with Crippen LogP contribution < -0.4 is 5.32 Å². The molecule has 80 valence electrons. The summed E-state index contributed by atoms with van der Waals surface area (Å²) in [5.41, 5.74) is 2.37. The second kappa shape index (κ2) is 4.27. The first kappa shape index (κ1) is 9.92. The van der Waals surface area contributed by atoms with Crippen molar-refractivity contribution in [3.63, 3.8) is 0 Å². The zero-order chi connectivity index (χ0) is 10.7. The summed E-state index contributed by atoms with van der Waals surface area (Å²) in [6.07, 6.45) is 7.62. The average Bonchev–Trinajstić information content (AvgIpc) is 2.78. The quantitative estimate of drug-likeness (QED) is 0.785. The monoisotopic (exact) mass is 205 g/mol. The standard InChI is InChI=1S/C10H15N5/c1-11-4-10-5-12-8-15(10)7-9-3-13-14(2)6-9/h3,5-6,8,11H,4,7H2,1-2H3. The van der Waals surface area contributed by atoms with E-state index < -0.39 is 0 Å². The van der Waals surface area contributed by atoms with Gasteiger partial charge in [-0.3, -0.25) is 4.68 Å². The van der Waals surface area contributed by atoms with Crippen LogP contribution >= 0.6 is 0 Å². The van der Waals surface area contributed by atoms with Crippen molar-refractivity contribution < 1.29 is 0 Å². The molecule has 5 nitrogen and oxygen atoms in total. The maximum Gasteiger partial charge on any atom is 0.0951 e. The number of aromatic nitrogens is 4. The predicted molar refractivity (Wildman–Crippen MR) is 57.3 cm³/mol. The van der Waals surface area contributed by atoms with Gasteiger partial charge in [-0.2, -0.15) is 5.10 Å². The van der Waals surface area contributed by atoms with Crippen LogP contribution in [0.1, 0.15) is 11.3 Å². The van der Waals surface area contributed by atoms with E-state index >= 15 is 0 Å². The van der Waals surface area contributed by atoms with Gasteiger partial charge in [-0.15, -0.1) is 0 Å². The summed E-state index contributed by atoms with van der Waals surface area (Å²) >= 11 is 0. The van der Waals surface area contributed by atoms with Gasteiger partial charge in [0.15, 0.2) is 0 Å². The van der Waals surface area contributed by atoms with E-state index in [4.69, 9.17) is 0 Å². The van der Waals surface area contributed by atoms with Crippen LogP contribution in [0.3, 0.4) is 0 Å². The van der Waals surface area contributed by atoms with Gasteiger partial charge in [-0.05, 0) is 7.05 Å². The Labute approximate surface area is 88.7 Å². The number of imidazole rings is 1. The maximum absolute atomic E-state index is 4.14. The lowest BCUT2D eigenvalue weighted by Gasteiger charge is -2.05. The van der Waals surface area contributed by atoms with Crippen molar-refractivity contribution >= 4 is 0 Å². The first-order valence-electron chi connectivity index (χ1n) is 4.90. The summed E-state index contributed by atoms with van der Waals surface area (Å²) in [4.78, 5) is 4.14. The van der Waals surface area contributed by atoms with Crippen LogP contribution in [0.25, 0.3) is 0 Å². The van der Waals surface area contributed by atoms with E-state index in [1.807, 2.05) is 43.7 Å². The van der Waals surface area contributed by atoms with Crippen LogP contribution in [0, 0.1) is 0 Å². The Kier molecular flexibility index (Phi) is 2.82. The topological polar surface area (TPSA) is 47.7 Å². The molecule has 0 radical (unpaired) electrons. The highest BCUT2D eigenvalue weighted by Crippen LogP contribution is 2.04. The molecule has 0 spiro atoms. The van der Waals surface area contributed by atoms with Crippen molar-refractivity contribution in [2.45, 2.75) is 13.1 Å². The molecule has 2 aromatic rings. The fraction of sp³-hybridized carbons (Fsp3) is 0.400. The molecule has 0 saturated heterocycles. The lowest BCUT2D eigenvalue weighted by atomic mass is 10.3. The van der Waals surface area contributed by atoms with Crippen LogP contribution in [0.15, 0.2) is 24.9 Å². The molecule has 0 aliphatic heterocycles. The molecule has 15 heavy (non-hydrogen) atoms. The smallest absolute Gasteiger partial charge is 0.0951 e. The Hall–Kier alpha value is -1.62. The van der Waals surface area contributed by atoms with E-state index in [-0.39, 0.29) is 0 Å². The Balaban J connectivity index is 2.13. The fourth-order valence-corrected chi connectivity index (χ4v) is 1.57. The van der Waals surface area contributed by atoms with E-state index in [2.05, 4.69) is 20.0 Å². The Morgan fingerprint density at radius 2 is 2.27 bits per heavy atom. The van der Waals surface area contributed by atoms with Crippen LogP contribution in [0.4, 0.5) is 0 Å². The number of hydrogen-bond acceptors (Lipinski definition) is 3. The molecule has 0 bridgehead atoms. The molecule has 2 aromatic heterocycles. The van der Waals surface area contributed by atoms with Crippen molar-refractivity contribution in [3.8, 4) is 0 Å². The molecule has 0 unspecified atom stereocenters. The van der Waals surface area contributed by atoms with Crippen molar-refractivity contribution in [1.29, 1.82) is 0 Å². The van der Waals surface area contributed by atoms with Crippen LogP contribution in [0.2, 0.25) is 0 Å². The van der Waals surface area contributed by atoms with Crippen molar-refractivity contribution in [2.75, 3.05) is 7.05 Å². The van der Waals surface area contributed by atoms with Crippen molar-refractivity contribution in [1.82, 2.24) is 24.6 Å². The molecule has 0 amide bonds. The van der Waals surface area contributed by atoms with Gasteiger partial charge < -0.3 is 9.88 Å². The molecule has 0 fully saturated rings. The van der Waals surface area contributed by atoms with Crippen molar-refractivity contribution in [3.05, 3.63) is 36.2 Å². The number of nitrogens with zero attached hydrogens (tertiary/aromatic N) is 4. The SMILES string of the molecule is CNCc1cncn1Cc1cnn(C)c1. The second-order valence-electron chi connectivity index (χ2n) is 3.57. The third-order valence-corrected chi connectivity index (χ3v) is 2.27. The zero-order valence-corrected chi connectivity index (χ0v) is 9.01. The first-order chi connectivity index (χ1) is 7.29. The van der Waals surface area contributed by atoms with Gasteiger partial charge in [0, 0.05) is 31.5 Å². The van der Waals surface area contributed by atoms with E-state index in [9.17, 15) is 0 Å². The molecule has 0 aliphatic rings. The average molecular weight is 205 g/mol. The summed E-state index contributed by atoms with van der Waals surface area (Å²) < 4.78 is 3.93. The number of nitrogens with one attached hydrogen (secondary N) is 1. The van der Waals surface area contributed by atoms with Crippen LogP contribution in [-0.4, -0.2) is 26.4 Å². The molecular formula is C10H15N5. The van der Waals surface area contributed by atoms with Crippen LogP contribution in [0.5, 0.6) is 0 Å². The normalized spacial score (nSPS) is 10.8.